The van der Waals surface area contributed by atoms with Crippen LogP contribution in [0.25, 0.3) is 0 Å². The quantitative estimate of drug-likeness (QED) is 0.910. The highest BCUT2D eigenvalue weighted by atomic mass is 16.5. The van der Waals surface area contributed by atoms with Crippen molar-refractivity contribution < 1.29 is 4.74 Å². The second kappa shape index (κ2) is 5.41. The summed E-state index contributed by atoms with van der Waals surface area (Å²) >= 11 is 0. The first kappa shape index (κ1) is 14.2. The van der Waals surface area contributed by atoms with Gasteiger partial charge in [0.25, 0.3) is 0 Å². The van der Waals surface area contributed by atoms with Crippen molar-refractivity contribution in [1.82, 2.24) is 0 Å². The normalized spacial score (nSPS) is 22.6. The van der Waals surface area contributed by atoms with Crippen molar-refractivity contribution in [3.8, 4) is 5.75 Å². The van der Waals surface area contributed by atoms with Gasteiger partial charge in [0, 0.05) is 24.8 Å². The molecule has 1 saturated carbocycles. The van der Waals surface area contributed by atoms with Gasteiger partial charge < -0.3 is 15.4 Å². The number of rotatable bonds is 3. The molecule has 0 bridgehead atoms. The van der Waals surface area contributed by atoms with E-state index in [1.165, 1.54) is 35.2 Å². The van der Waals surface area contributed by atoms with Gasteiger partial charge in [-0.2, -0.15) is 0 Å². The number of methoxy groups -OCH3 is 1. The van der Waals surface area contributed by atoms with E-state index in [9.17, 15) is 0 Å². The second-order valence-electron chi connectivity index (χ2n) is 5.77. The molecule has 2 atom stereocenters. The molecule has 2 rings (SSSR count). The third kappa shape index (κ3) is 2.44. The smallest absolute Gasteiger partial charge is 0.125 e. The number of anilines is 1. The van der Waals surface area contributed by atoms with Crippen molar-refractivity contribution in [2.45, 2.75) is 52.1 Å². The van der Waals surface area contributed by atoms with E-state index in [1.807, 2.05) is 0 Å². The number of nitrogens with zero attached hydrogens (tertiary/aromatic N) is 1. The molecule has 0 saturated heterocycles. The third-order valence-electron chi connectivity index (χ3n) is 4.61. The Morgan fingerprint density at radius 3 is 2.42 bits per heavy atom. The van der Waals surface area contributed by atoms with Gasteiger partial charge in [-0.25, -0.2) is 0 Å². The topological polar surface area (TPSA) is 38.5 Å². The van der Waals surface area contributed by atoms with Crippen LogP contribution in [0, 0.1) is 20.8 Å². The van der Waals surface area contributed by atoms with Crippen molar-refractivity contribution in [1.29, 1.82) is 0 Å². The molecule has 1 aromatic carbocycles. The number of likely N-dealkylation sites (N-methyl/N-ethyl adjacent to an activating group) is 1. The Morgan fingerprint density at radius 2 is 1.89 bits per heavy atom. The SMILES string of the molecule is COc1c(C)cc(N(C)C2CCCC2N)c(C)c1C. The Balaban J connectivity index is 2.40. The van der Waals surface area contributed by atoms with Crippen molar-refractivity contribution in [3.05, 3.63) is 22.8 Å². The summed E-state index contributed by atoms with van der Waals surface area (Å²) in [5, 5.41) is 0. The summed E-state index contributed by atoms with van der Waals surface area (Å²) in [7, 11) is 3.91. The molecule has 19 heavy (non-hydrogen) atoms. The minimum atomic E-state index is 0.298. The highest BCUT2D eigenvalue weighted by Crippen LogP contribution is 2.35. The maximum atomic E-state index is 6.23. The molecule has 1 aliphatic carbocycles. The Hall–Kier alpha value is -1.22. The fourth-order valence-electron chi connectivity index (χ4n) is 3.35. The van der Waals surface area contributed by atoms with Gasteiger partial charge in [0.15, 0.2) is 0 Å². The molecule has 0 spiro atoms. The molecule has 2 unspecified atom stereocenters. The largest absolute Gasteiger partial charge is 0.496 e. The Bertz CT molecular complexity index is 470. The average molecular weight is 262 g/mol. The summed E-state index contributed by atoms with van der Waals surface area (Å²) in [5.41, 5.74) is 11.2. The fourth-order valence-corrected chi connectivity index (χ4v) is 3.35. The van der Waals surface area contributed by atoms with Crippen LogP contribution in [0.4, 0.5) is 5.69 Å². The van der Waals surface area contributed by atoms with Gasteiger partial charge in [-0.15, -0.1) is 0 Å². The van der Waals surface area contributed by atoms with E-state index in [0.29, 0.717) is 12.1 Å². The molecule has 2 N–H and O–H groups in total. The number of aryl methyl sites for hydroxylation is 1. The predicted molar refractivity (Wildman–Crippen MR) is 81.2 cm³/mol. The molecule has 3 nitrogen and oxygen atoms in total. The molecule has 0 radical (unpaired) electrons. The van der Waals surface area contributed by atoms with Crippen LogP contribution >= 0.6 is 0 Å². The van der Waals surface area contributed by atoms with Crippen molar-refractivity contribution in [2.75, 3.05) is 19.1 Å². The van der Waals surface area contributed by atoms with Gasteiger partial charge in [0.2, 0.25) is 0 Å². The zero-order valence-electron chi connectivity index (χ0n) is 12.8. The molecule has 1 aromatic rings. The lowest BCUT2D eigenvalue weighted by molar-refractivity contribution is 0.408. The maximum absolute atomic E-state index is 6.23. The minimum Gasteiger partial charge on any atom is -0.496 e. The fraction of sp³-hybridized carbons (Fsp3) is 0.625. The highest BCUT2D eigenvalue weighted by Gasteiger charge is 2.29. The average Bonchev–Trinajstić information content (AvgIpc) is 2.80. The second-order valence-corrected chi connectivity index (χ2v) is 5.77. The van der Waals surface area contributed by atoms with Gasteiger partial charge in [-0.1, -0.05) is 0 Å². The van der Waals surface area contributed by atoms with Gasteiger partial charge >= 0.3 is 0 Å². The molecule has 1 aliphatic rings. The standard InChI is InChI=1S/C16H26N2O/c1-10-9-15(11(2)12(3)16(10)19-5)18(4)14-8-6-7-13(14)17/h9,13-14H,6-8,17H2,1-5H3. The van der Waals surface area contributed by atoms with E-state index in [1.54, 1.807) is 7.11 Å². The zero-order chi connectivity index (χ0) is 14.2. The summed E-state index contributed by atoms with van der Waals surface area (Å²) < 4.78 is 5.49. The predicted octanol–water partition coefficient (Wildman–Crippen LogP) is 2.94. The first-order valence-electron chi connectivity index (χ1n) is 7.10. The lowest BCUT2D eigenvalue weighted by atomic mass is 10.0. The van der Waals surface area contributed by atoms with Crippen LogP contribution in [-0.2, 0) is 0 Å². The van der Waals surface area contributed by atoms with E-state index in [4.69, 9.17) is 10.5 Å². The lowest BCUT2D eigenvalue weighted by Gasteiger charge is -2.32. The van der Waals surface area contributed by atoms with E-state index >= 15 is 0 Å². The highest BCUT2D eigenvalue weighted by molar-refractivity contribution is 5.63. The first-order chi connectivity index (χ1) is 8.97. The van der Waals surface area contributed by atoms with Crippen LogP contribution < -0.4 is 15.4 Å². The third-order valence-corrected chi connectivity index (χ3v) is 4.61. The molecular weight excluding hydrogens is 236 g/mol. The Morgan fingerprint density at radius 1 is 1.21 bits per heavy atom. The van der Waals surface area contributed by atoms with Crippen LogP contribution in [0.1, 0.15) is 36.0 Å². The zero-order valence-corrected chi connectivity index (χ0v) is 12.8. The van der Waals surface area contributed by atoms with E-state index < -0.39 is 0 Å². The van der Waals surface area contributed by atoms with Crippen LogP contribution in [0.5, 0.6) is 5.75 Å². The molecule has 3 heteroatoms. The van der Waals surface area contributed by atoms with E-state index in [-0.39, 0.29) is 0 Å². The molecule has 106 valence electrons. The maximum Gasteiger partial charge on any atom is 0.125 e. The molecule has 0 aliphatic heterocycles. The monoisotopic (exact) mass is 262 g/mol. The van der Waals surface area contributed by atoms with E-state index in [2.05, 4.69) is 38.8 Å². The van der Waals surface area contributed by atoms with Crippen LogP contribution in [0.15, 0.2) is 6.07 Å². The Labute approximate surface area is 116 Å². The minimum absolute atomic E-state index is 0.298. The molecule has 0 amide bonds. The first-order valence-corrected chi connectivity index (χ1v) is 7.10. The van der Waals surface area contributed by atoms with Gasteiger partial charge in [-0.05, 0) is 62.8 Å². The summed E-state index contributed by atoms with van der Waals surface area (Å²) in [5.74, 6) is 1.00. The molecule has 0 heterocycles. The number of ether oxygens (including phenoxy) is 1. The number of hydrogen-bond donors (Lipinski definition) is 1. The van der Waals surface area contributed by atoms with Crippen molar-refractivity contribution >= 4 is 5.69 Å². The molecule has 0 aromatic heterocycles. The van der Waals surface area contributed by atoms with Crippen molar-refractivity contribution in [2.24, 2.45) is 5.73 Å². The summed E-state index contributed by atoms with van der Waals surface area (Å²) in [6.45, 7) is 6.41. The van der Waals surface area contributed by atoms with Crippen LogP contribution in [0.2, 0.25) is 0 Å². The van der Waals surface area contributed by atoms with E-state index in [0.717, 1.165) is 12.2 Å². The lowest BCUT2D eigenvalue weighted by Crippen LogP contribution is -2.42. The Kier molecular flexibility index (Phi) is 4.04. The van der Waals surface area contributed by atoms with Gasteiger partial charge in [0.05, 0.1) is 7.11 Å². The van der Waals surface area contributed by atoms with Gasteiger partial charge in [-0.3, -0.25) is 0 Å². The van der Waals surface area contributed by atoms with Crippen LogP contribution in [-0.4, -0.2) is 26.2 Å². The molecular formula is C16H26N2O. The van der Waals surface area contributed by atoms with Crippen molar-refractivity contribution in [3.63, 3.8) is 0 Å². The summed E-state index contributed by atoms with van der Waals surface area (Å²) in [6, 6.07) is 2.99. The van der Waals surface area contributed by atoms with Crippen LogP contribution in [0.3, 0.4) is 0 Å². The number of nitrogens with two attached hydrogens (primary N) is 1. The molecule has 1 fully saturated rings. The summed E-state index contributed by atoms with van der Waals surface area (Å²) in [4.78, 5) is 2.37. The van der Waals surface area contributed by atoms with Gasteiger partial charge in [0.1, 0.15) is 5.75 Å². The number of hydrogen-bond acceptors (Lipinski definition) is 3. The number of benzene rings is 1. The summed E-state index contributed by atoms with van der Waals surface area (Å²) in [6.07, 6.45) is 3.58.